The molecule has 1 fully saturated rings. The number of aryl methyl sites for hydroxylation is 2. The van der Waals surface area contributed by atoms with Crippen LogP contribution in [0.4, 0.5) is 0 Å². The molecule has 4 nitrogen and oxygen atoms in total. The zero-order valence-electron chi connectivity index (χ0n) is 9.36. The Bertz CT molecular complexity index is 344. The molecule has 0 unspecified atom stereocenters. The van der Waals surface area contributed by atoms with Crippen molar-refractivity contribution in [2.24, 2.45) is 14.1 Å². The van der Waals surface area contributed by atoms with Crippen molar-refractivity contribution in [3.63, 3.8) is 0 Å². The van der Waals surface area contributed by atoms with Gasteiger partial charge >= 0.3 is 11.7 Å². The summed E-state index contributed by atoms with van der Waals surface area (Å²) >= 11 is 0. The molecule has 0 spiro atoms. The van der Waals surface area contributed by atoms with Crippen LogP contribution in [-0.4, -0.2) is 16.5 Å². The monoisotopic (exact) mass is 208 g/mol. The molecule has 0 bridgehead atoms. The number of aromatic nitrogens is 2. The van der Waals surface area contributed by atoms with E-state index in [9.17, 15) is 4.79 Å². The predicted octanol–water partition coefficient (Wildman–Crippen LogP) is 0.522. The molecule has 15 heavy (non-hydrogen) atoms. The summed E-state index contributed by atoms with van der Waals surface area (Å²) in [5.41, 5.74) is 0. The summed E-state index contributed by atoms with van der Waals surface area (Å²) in [6.07, 6.45) is 8.52. The lowest BCUT2D eigenvalue weighted by atomic mass is 10.2. The maximum atomic E-state index is 12.0. The molecule has 82 valence electrons. The zero-order valence-corrected chi connectivity index (χ0v) is 9.36. The lowest BCUT2D eigenvalue weighted by molar-refractivity contribution is -0.673. The summed E-state index contributed by atoms with van der Waals surface area (Å²) in [5.74, 6) is 0.749. The van der Waals surface area contributed by atoms with Gasteiger partial charge in [0.2, 0.25) is 0 Å². The molecule has 2 rings (SSSR count). The molecule has 1 amide bonds. The molecule has 0 aromatic carbocycles. The lowest BCUT2D eigenvalue weighted by Crippen LogP contribution is -2.43. The average molecular weight is 208 g/mol. The molecule has 1 aromatic heterocycles. The average Bonchev–Trinajstić information content (AvgIpc) is 2.77. The lowest BCUT2D eigenvalue weighted by Gasteiger charge is -2.09. The van der Waals surface area contributed by atoms with Crippen LogP contribution in [0.1, 0.15) is 36.3 Å². The van der Waals surface area contributed by atoms with Crippen LogP contribution >= 0.6 is 0 Å². The van der Waals surface area contributed by atoms with Crippen molar-refractivity contribution in [1.29, 1.82) is 0 Å². The first kappa shape index (κ1) is 10.2. The Morgan fingerprint density at radius 3 is 2.73 bits per heavy atom. The van der Waals surface area contributed by atoms with Gasteiger partial charge in [0.25, 0.3) is 0 Å². The molecule has 1 saturated carbocycles. The van der Waals surface area contributed by atoms with Crippen LogP contribution in [0.25, 0.3) is 0 Å². The van der Waals surface area contributed by atoms with Gasteiger partial charge in [-0.1, -0.05) is 12.8 Å². The Kier molecular flexibility index (Phi) is 2.75. The fraction of sp³-hybridized carbons (Fsp3) is 0.636. The third-order valence-corrected chi connectivity index (χ3v) is 3.08. The first-order valence-electron chi connectivity index (χ1n) is 5.50. The van der Waals surface area contributed by atoms with Crippen molar-refractivity contribution in [3.05, 3.63) is 18.2 Å². The van der Waals surface area contributed by atoms with Crippen molar-refractivity contribution in [3.8, 4) is 0 Å². The second-order valence-corrected chi connectivity index (χ2v) is 4.30. The topological polar surface area (TPSA) is 37.9 Å². The standard InChI is InChI=1S/C11H17N3O/c1-13-7-8-14(2)11(13)10(15)12-9-5-3-4-6-9/h7-9H,3-6H2,1-2H3/p+1. The maximum absolute atomic E-state index is 12.0. The van der Waals surface area contributed by atoms with E-state index in [1.165, 1.54) is 12.8 Å². The maximum Gasteiger partial charge on any atom is 0.347 e. The Morgan fingerprint density at radius 1 is 1.53 bits per heavy atom. The van der Waals surface area contributed by atoms with E-state index < -0.39 is 0 Å². The number of nitrogens with one attached hydrogen (secondary N) is 1. The predicted molar refractivity (Wildman–Crippen MR) is 56.3 cm³/mol. The van der Waals surface area contributed by atoms with Gasteiger partial charge in [-0.05, 0) is 12.8 Å². The van der Waals surface area contributed by atoms with E-state index in [2.05, 4.69) is 5.32 Å². The summed E-state index contributed by atoms with van der Waals surface area (Å²) in [7, 11) is 3.78. The van der Waals surface area contributed by atoms with E-state index in [0.717, 1.165) is 12.8 Å². The van der Waals surface area contributed by atoms with Gasteiger partial charge in [0.05, 0.1) is 14.1 Å². The molecular formula is C11H18N3O+. The van der Waals surface area contributed by atoms with Crippen molar-refractivity contribution < 1.29 is 9.36 Å². The van der Waals surface area contributed by atoms with Crippen molar-refractivity contribution in [2.75, 3.05) is 0 Å². The van der Waals surface area contributed by atoms with Crippen LogP contribution < -0.4 is 9.88 Å². The molecule has 1 aliphatic rings. The molecular weight excluding hydrogens is 190 g/mol. The minimum Gasteiger partial charge on any atom is -0.343 e. The van der Waals surface area contributed by atoms with Gasteiger partial charge in [-0.2, -0.15) is 0 Å². The van der Waals surface area contributed by atoms with Gasteiger partial charge < -0.3 is 5.32 Å². The van der Waals surface area contributed by atoms with Crippen LogP contribution in [0.3, 0.4) is 0 Å². The molecule has 0 atom stereocenters. The van der Waals surface area contributed by atoms with E-state index in [4.69, 9.17) is 0 Å². The normalized spacial score (nSPS) is 16.9. The number of nitrogens with zero attached hydrogens (tertiary/aromatic N) is 2. The zero-order chi connectivity index (χ0) is 10.8. The Hall–Kier alpha value is -1.32. The molecule has 0 radical (unpaired) electrons. The number of rotatable bonds is 2. The SMILES string of the molecule is Cn1cc[n+](C)c1C(=O)NC1CCCC1. The number of imidazole rings is 1. The van der Waals surface area contributed by atoms with E-state index in [1.807, 2.05) is 35.6 Å². The summed E-state index contributed by atoms with van der Waals surface area (Å²) in [6, 6.07) is 0.382. The van der Waals surface area contributed by atoms with Crippen LogP contribution in [0, 0.1) is 0 Å². The minimum absolute atomic E-state index is 0.0388. The van der Waals surface area contributed by atoms with Crippen molar-refractivity contribution in [1.82, 2.24) is 9.88 Å². The van der Waals surface area contributed by atoms with Crippen LogP contribution in [0.2, 0.25) is 0 Å². The number of hydrogen-bond acceptors (Lipinski definition) is 1. The molecule has 4 heteroatoms. The van der Waals surface area contributed by atoms with Crippen LogP contribution in [-0.2, 0) is 14.1 Å². The second kappa shape index (κ2) is 4.04. The minimum atomic E-state index is 0.0388. The third kappa shape index (κ3) is 2.03. The van der Waals surface area contributed by atoms with Gasteiger partial charge in [-0.25, -0.2) is 9.13 Å². The Balaban J connectivity index is 2.07. The highest BCUT2D eigenvalue weighted by Crippen LogP contribution is 2.17. The van der Waals surface area contributed by atoms with Crippen LogP contribution in [0.5, 0.6) is 0 Å². The van der Waals surface area contributed by atoms with Crippen LogP contribution in [0.15, 0.2) is 12.4 Å². The fourth-order valence-corrected chi connectivity index (χ4v) is 2.23. The highest BCUT2D eigenvalue weighted by molar-refractivity contribution is 5.89. The second-order valence-electron chi connectivity index (χ2n) is 4.30. The number of hydrogen-bond donors (Lipinski definition) is 1. The summed E-state index contributed by atoms with van der Waals surface area (Å²) < 4.78 is 3.70. The number of amides is 1. The molecule has 1 heterocycles. The molecule has 0 aliphatic heterocycles. The quantitative estimate of drug-likeness (QED) is 0.707. The third-order valence-electron chi connectivity index (χ3n) is 3.08. The van der Waals surface area contributed by atoms with Crippen molar-refractivity contribution in [2.45, 2.75) is 31.7 Å². The Morgan fingerprint density at radius 2 is 2.20 bits per heavy atom. The number of carbonyl (C=O) groups is 1. The van der Waals surface area contributed by atoms with Gasteiger partial charge in [0.1, 0.15) is 12.4 Å². The first-order valence-corrected chi connectivity index (χ1v) is 5.50. The summed E-state index contributed by atoms with van der Waals surface area (Å²) in [4.78, 5) is 12.0. The van der Waals surface area contributed by atoms with E-state index in [1.54, 1.807) is 0 Å². The Labute approximate surface area is 89.9 Å². The molecule has 0 saturated heterocycles. The van der Waals surface area contributed by atoms with E-state index in [0.29, 0.717) is 11.9 Å². The van der Waals surface area contributed by atoms with Gasteiger partial charge in [-0.15, -0.1) is 0 Å². The summed E-state index contributed by atoms with van der Waals surface area (Å²) in [6.45, 7) is 0. The smallest absolute Gasteiger partial charge is 0.343 e. The highest BCUT2D eigenvalue weighted by atomic mass is 16.2. The van der Waals surface area contributed by atoms with Gasteiger partial charge in [-0.3, -0.25) is 4.79 Å². The van der Waals surface area contributed by atoms with E-state index in [-0.39, 0.29) is 5.91 Å². The molecule has 1 N–H and O–H groups in total. The van der Waals surface area contributed by atoms with E-state index >= 15 is 0 Å². The number of carbonyl (C=O) groups excluding carboxylic acids is 1. The fourth-order valence-electron chi connectivity index (χ4n) is 2.23. The van der Waals surface area contributed by atoms with Gasteiger partial charge in [0, 0.05) is 6.04 Å². The molecule has 1 aromatic rings. The largest absolute Gasteiger partial charge is 0.347 e. The molecule has 1 aliphatic carbocycles. The van der Waals surface area contributed by atoms with Crippen molar-refractivity contribution >= 4 is 5.91 Å². The summed E-state index contributed by atoms with van der Waals surface area (Å²) in [5, 5.41) is 3.08. The first-order chi connectivity index (χ1) is 7.18. The highest BCUT2D eigenvalue weighted by Gasteiger charge is 2.25. The van der Waals surface area contributed by atoms with Gasteiger partial charge in [0.15, 0.2) is 0 Å².